The first-order valence-electron chi connectivity index (χ1n) is 10.4. The Bertz CT molecular complexity index is 1370. The van der Waals surface area contributed by atoms with Crippen molar-refractivity contribution in [3.8, 4) is 11.5 Å². The van der Waals surface area contributed by atoms with Gasteiger partial charge in [-0.1, -0.05) is 0 Å². The molecule has 0 bridgehead atoms. The number of fused-ring (bicyclic) bond motifs is 2. The normalized spacial score (nSPS) is 18.7. The number of anilines is 1. The van der Waals surface area contributed by atoms with Crippen molar-refractivity contribution < 1.29 is 22.4 Å². The van der Waals surface area contributed by atoms with Gasteiger partial charge in [0.05, 0.1) is 28.6 Å². The van der Waals surface area contributed by atoms with E-state index in [1.54, 1.807) is 50.7 Å². The molecule has 0 aromatic carbocycles. The number of amides is 1. The molecule has 0 N–H and O–H groups in total. The third-order valence-electron chi connectivity index (χ3n) is 5.95. The first-order valence-corrected chi connectivity index (χ1v) is 10.4. The average Bonchev–Trinajstić information content (AvgIpc) is 3.45. The van der Waals surface area contributed by atoms with E-state index >= 15 is 0 Å². The largest absolute Gasteiger partial charge is 0.463 e. The summed E-state index contributed by atoms with van der Waals surface area (Å²) in [5.41, 5.74) is 2.20. The predicted octanol–water partition coefficient (Wildman–Crippen LogP) is 4.58. The van der Waals surface area contributed by atoms with Gasteiger partial charge in [-0.2, -0.15) is 23.4 Å². The van der Waals surface area contributed by atoms with E-state index in [1.807, 2.05) is 0 Å². The molecule has 4 aromatic rings. The number of alkyl halides is 3. The van der Waals surface area contributed by atoms with Gasteiger partial charge in [0.25, 0.3) is 5.91 Å². The first-order chi connectivity index (χ1) is 15.6. The molecule has 5 heterocycles. The van der Waals surface area contributed by atoms with Gasteiger partial charge in [0, 0.05) is 19.2 Å². The Hall–Kier alpha value is -3.63. The van der Waals surface area contributed by atoms with Crippen molar-refractivity contribution in [2.24, 2.45) is 7.05 Å². The highest BCUT2D eigenvalue weighted by molar-refractivity contribution is 6.14. The molecule has 1 aliphatic heterocycles. The van der Waals surface area contributed by atoms with Crippen LogP contribution in [0.4, 0.5) is 19.0 Å². The van der Waals surface area contributed by atoms with Crippen LogP contribution < -0.4 is 4.90 Å². The minimum absolute atomic E-state index is 0.115. The van der Waals surface area contributed by atoms with Gasteiger partial charge in [0.2, 0.25) is 0 Å². The highest BCUT2D eigenvalue weighted by atomic mass is 19.4. The number of hydrogen-bond acceptors (Lipinski definition) is 5. The third kappa shape index (κ3) is 3.30. The van der Waals surface area contributed by atoms with Crippen LogP contribution in [0.15, 0.2) is 34.9 Å². The van der Waals surface area contributed by atoms with E-state index in [9.17, 15) is 18.0 Å². The number of aryl methyl sites for hydroxylation is 3. The Morgan fingerprint density at radius 2 is 1.97 bits per heavy atom. The topological polar surface area (TPSA) is 82.0 Å². The van der Waals surface area contributed by atoms with Crippen molar-refractivity contribution in [3.63, 3.8) is 0 Å². The van der Waals surface area contributed by atoms with Crippen LogP contribution in [0.1, 0.15) is 41.1 Å². The summed E-state index contributed by atoms with van der Waals surface area (Å²) in [6, 6.07) is 4.04. The molecular formula is C22H21F3N6O2. The van der Waals surface area contributed by atoms with E-state index in [0.29, 0.717) is 39.4 Å². The first kappa shape index (κ1) is 21.2. The predicted molar refractivity (Wildman–Crippen MR) is 114 cm³/mol. The summed E-state index contributed by atoms with van der Waals surface area (Å²) in [6.07, 6.45) is -3.27. The van der Waals surface area contributed by atoms with Crippen LogP contribution in [0.25, 0.3) is 22.5 Å². The maximum Gasteiger partial charge on any atom is 0.410 e. The van der Waals surface area contributed by atoms with Crippen LogP contribution in [-0.4, -0.2) is 42.7 Å². The number of furan rings is 1. The number of halogens is 3. The molecule has 0 unspecified atom stereocenters. The van der Waals surface area contributed by atoms with E-state index in [4.69, 9.17) is 4.42 Å². The van der Waals surface area contributed by atoms with Gasteiger partial charge in [-0.3, -0.25) is 14.4 Å². The fourth-order valence-electron chi connectivity index (χ4n) is 4.54. The Labute approximate surface area is 186 Å². The Morgan fingerprint density at radius 3 is 2.64 bits per heavy atom. The molecule has 0 spiro atoms. The number of carbonyl (C=O) groups excluding carboxylic acids is 1. The van der Waals surface area contributed by atoms with E-state index in [1.165, 1.54) is 17.2 Å². The van der Waals surface area contributed by atoms with Crippen molar-refractivity contribution in [2.45, 2.75) is 45.5 Å². The van der Waals surface area contributed by atoms with E-state index in [0.717, 1.165) is 4.68 Å². The Morgan fingerprint density at radius 1 is 1.21 bits per heavy atom. The standard InChI is InChI=1S/C22H21F3N6O2/c1-11-8-18-30(12(2)9-17(22(23,24)25)31(18)27-11)21(32)14-10-15(16-6-5-7-33-16)26-20-19(14)13(3)28-29(20)4/h5-8,10,12,17H,9H2,1-4H3/t12-,17+/m0/s1. The van der Waals surface area contributed by atoms with Gasteiger partial charge in [-0.25, -0.2) is 9.67 Å². The number of rotatable bonds is 2. The molecule has 0 fully saturated rings. The highest BCUT2D eigenvalue weighted by Gasteiger charge is 2.48. The molecular weight excluding hydrogens is 437 g/mol. The second-order valence-electron chi connectivity index (χ2n) is 8.35. The maximum absolute atomic E-state index is 13.9. The number of hydrogen-bond donors (Lipinski definition) is 0. The Kier molecular flexibility index (Phi) is 4.62. The van der Waals surface area contributed by atoms with Gasteiger partial charge < -0.3 is 4.42 Å². The third-order valence-corrected chi connectivity index (χ3v) is 5.95. The second-order valence-corrected chi connectivity index (χ2v) is 8.35. The molecule has 5 rings (SSSR count). The number of aromatic nitrogens is 5. The van der Waals surface area contributed by atoms with Crippen LogP contribution in [-0.2, 0) is 7.05 Å². The van der Waals surface area contributed by atoms with Crippen molar-refractivity contribution in [1.29, 1.82) is 0 Å². The smallest absolute Gasteiger partial charge is 0.410 e. The second kappa shape index (κ2) is 7.19. The lowest BCUT2D eigenvalue weighted by Gasteiger charge is -2.38. The van der Waals surface area contributed by atoms with Gasteiger partial charge in [-0.05, 0) is 45.4 Å². The minimum Gasteiger partial charge on any atom is -0.463 e. The van der Waals surface area contributed by atoms with E-state index in [-0.39, 0.29) is 12.2 Å². The zero-order valence-electron chi connectivity index (χ0n) is 18.4. The summed E-state index contributed by atoms with van der Waals surface area (Å²) in [5.74, 6) is 0.139. The lowest BCUT2D eigenvalue weighted by Crippen LogP contribution is -2.48. The molecule has 11 heteroatoms. The summed E-state index contributed by atoms with van der Waals surface area (Å²) in [7, 11) is 1.72. The molecule has 0 saturated heterocycles. The molecule has 1 aliphatic rings. The monoisotopic (exact) mass is 458 g/mol. The summed E-state index contributed by atoms with van der Waals surface area (Å²) in [4.78, 5) is 19.9. The number of pyridine rings is 1. The molecule has 1 amide bonds. The lowest BCUT2D eigenvalue weighted by molar-refractivity contribution is -0.174. The highest BCUT2D eigenvalue weighted by Crippen LogP contribution is 2.43. The SMILES string of the molecule is Cc1cc2n(n1)[C@@H](C(F)(F)F)C[C@H](C)N2C(=O)c1cc(-c2ccco2)nc2c1c(C)nn2C. The van der Waals surface area contributed by atoms with Gasteiger partial charge in [0.1, 0.15) is 11.5 Å². The van der Waals surface area contributed by atoms with Crippen LogP contribution >= 0.6 is 0 Å². The summed E-state index contributed by atoms with van der Waals surface area (Å²) in [6.45, 7) is 4.99. The van der Waals surface area contributed by atoms with E-state index < -0.39 is 24.2 Å². The average molecular weight is 458 g/mol. The molecule has 2 atom stereocenters. The Balaban J connectivity index is 1.70. The molecule has 0 aliphatic carbocycles. The lowest BCUT2D eigenvalue weighted by atomic mass is 10.0. The van der Waals surface area contributed by atoms with E-state index in [2.05, 4.69) is 15.2 Å². The van der Waals surface area contributed by atoms with Crippen molar-refractivity contribution >= 4 is 22.8 Å². The summed E-state index contributed by atoms with van der Waals surface area (Å²) < 4.78 is 49.2. The van der Waals surface area contributed by atoms with Crippen LogP contribution in [0.3, 0.4) is 0 Å². The fraction of sp³-hybridized carbons (Fsp3) is 0.364. The maximum atomic E-state index is 13.9. The molecule has 33 heavy (non-hydrogen) atoms. The summed E-state index contributed by atoms with van der Waals surface area (Å²) in [5, 5.41) is 9.01. The zero-order chi connectivity index (χ0) is 23.7. The van der Waals surface area contributed by atoms with Crippen molar-refractivity contribution in [2.75, 3.05) is 4.90 Å². The zero-order valence-corrected chi connectivity index (χ0v) is 18.4. The number of carbonyl (C=O) groups is 1. The van der Waals surface area contributed by atoms with Crippen molar-refractivity contribution in [1.82, 2.24) is 24.5 Å². The molecule has 172 valence electrons. The quantitative estimate of drug-likeness (QED) is 0.439. The minimum atomic E-state index is -4.48. The molecule has 8 nitrogen and oxygen atoms in total. The number of nitrogens with zero attached hydrogens (tertiary/aromatic N) is 6. The molecule has 0 radical (unpaired) electrons. The molecule has 0 saturated carbocycles. The van der Waals surface area contributed by atoms with Crippen molar-refractivity contribution in [3.05, 3.63) is 47.5 Å². The van der Waals surface area contributed by atoms with Crippen LogP contribution in [0.2, 0.25) is 0 Å². The fourth-order valence-corrected chi connectivity index (χ4v) is 4.54. The molecule has 4 aromatic heterocycles. The van der Waals surface area contributed by atoms with Crippen LogP contribution in [0, 0.1) is 13.8 Å². The summed E-state index contributed by atoms with van der Waals surface area (Å²) >= 11 is 0. The van der Waals surface area contributed by atoms with Gasteiger partial charge >= 0.3 is 6.18 Å². The van der Waals surface area contributed by atoms with Crippen LogP contribution in [0.5, 0.6) is 0 Å². The van der Waals surface area contributed by atoms with Gasteiger partial charge in [0.15, 0.2) is 17.4 Å². The van der Waals surface area contributed by atoms with Gasteiger partial charge in [-0.15, -0.1) is 0 Å².